The van der Waals surface area contributed by atoms with Gasteiger partial charge in [0.25, 0.3) is 5.91 Å². The van der Waals surface area contributed by atoms with Crippen molar-refractivity contribution in [3.63, 3.8) is 0 Å². The summed E-state index contributed by atoms with van der Waals surface area (Å²) in [6, 6.07) is 2.49. The van der Waals surface area contributed by atoms with E-state index in [1.165, 1.54) is 38.4 Å². The van der Waals surface area contributed by atoms with Crippen LogP contribution < -0.4 is 5.32 Å². The minimum atomic E-state index is -0.679. The molecule has 5 heteroatoms. The molecule has 0 fully saturated rings. The number of carbonyl (C=O) groups is 2. The van der Waals surface area contributed by atoms with Crippen LogP contribution in [0.1, 0.15) is 69.3 Å². The van der Waals surface area contributed by atoms with Crippen LogP contribution in [0.2, 0.25) is 0 Å². The summed E-state index contributed by atoms with van der Waals surface area (Å²) in [5.74, 6) is -0.636. The van der Waals surface area contributed by atoms with Gasteiger partial charge in [-0.15, -0.1) is 0 Å². The van der Waals surface area contributed by atoms with Crippen LogP contribution in [0.5, 0.6) is 0 Å². The van der Waals surface area contributed by atoms with Crippen molar-refractivity contribution in [2.45, 2.75) is 64.8 Å². The van der Waals surface area contributed by atoms with E-state index in [1.54, 1.807) is 19.1 Å². The molecule has 1 amide bonds. The summed E-state index contributed by atoms with van der Waals surface area (Å²) in [5, 5.41) is 2.55. The van der Waals surface area contributed by atoms with E-state index in [2.05, 4.69) is 12.2 Å². The third-order valence-electron chi connectivity index (χ3n) is 3.44. The number of carbonyl (C=O) groups excluding carboxylic acids is 2. The minimum absolute atomic E-state index is 0.187. The average molecular weight is 309 g/mol. The van der Waals surface area contributed by atoms with Crippen LogP contribution in [0.3, 0.4) is 0 Å². The van der Waals surface area contributed by atoms with E-state index in [0.29, 0.717) is 6.61 Å². The third kappa shape index (κ3) is 7.29. The molecule has 1 rings (SSSR count). The zero-order valence-electron chi connectivity index (χ0n) is 13.6. The summed E-state index contributed by atoms with van der Waals surface area (Å²) in [5.41, 5.74) is 0. The second kappa shape index (κ2) is 10.9. The quantitative estimate of drug-likeness (QED) is 0.500. The Morgan fingerprint density at radius 2 is 1.86 bits per heavy atom. The molecule has 0 aliphatic carbocycles. The molecule has 0 saturated heterocycles. The molecular weight excluding hydrogens is 282 g/mol. The lowest BCUT2D eigenvalue weighted by atomic mass is 10.1. The number of nitrogens with one attached hydrogen (secondary N) is 1. The number of furan rings is 1. The van der Waals surface area contributed by atoms with Gasteiger partial charge in [0.05, 0.1) is 12.9 Å². The van der Waals surface area contributed by atoms with E-state index in [0.717, 1.165) is 12.8 Å². The van der Waals surface area contributed by atoms with Crippen molar-refractivity contribution < 1.29 is 18.7 Å². The Morgan fingerprint density at radius 3 is 2.50 bits per heavy atom. The van der Waals surface area contributed by atoms with E-state index < -0.39 is 17.9 Å². The molecule has 1 aromatic heterocycles. The smallest absolute Gasteiger partial charge is 0.328 e. The Balaban J connectivity index is 2.08. The van der Waals surface area contributed by atoms with Gasteiger partial charge in [-0.3, -0.25) is 4.79 Å². The number of unbranched alkanes of at least 4 members (excludes halogenated alkanes) is 6. The molecule has 124 valence electrons. The molecule has 1 heterocycles. The van der Waals surface area contributed by atoms with Crippen LogP contribution in [0.4, 0.5) is 0 Å². The first-order valence-electron chi connectivity index (χ1n) is 8.16. The average Bonchev–Trinajstić information content (AvgIpc) is 3.04. The van der Waals surface area contributed by atoms with Crippen molar-refractivity contribution in [3.8, 4) is 0 Å². The van der Waals surface area contributed by atoms with E-state index in [-0.39, 0.29) is 5.76 Å². The van der Waals surface area contributed by atoms with Crippen LogP contribution in [0, 0.1) is 0 Å². The number of hydrogen-bond donors (Lipinski definition) is 1. The molecule has 0 aromatic carbocycles. The topological polar surface area (TPSA) is 68.5 Å². The Kier molecular flexibility index (Phi) is 9.03. The van der Waals surface area contributed by atoms with E-state index in [1.807, 2.05) is 0 Å². The Bertz CT molecular complexity index is 428. The molecule has 0 radical (unpaired) electrons. The van der Waals surface area contributed by atoms with Gasteiger partial charge in [0, 0.05) is 0 Å². The largest absolute Gasteiger partial charge is 0.464 e. The van der Waals surface area contributed by atoms with Crippen LogP contribution in [-0.2, 0) is 9.53 Å². The number of hydrogen-bond acceptors (Lipinski definition) is 4. The van der Waals surface area contributed by atoms with Crippen molar-refractivity contribution in [1.82, 2.24) is 5.32 Å². The van der Waals surface area contributed by atoms with Crippen molar-refractivity contribution in [1.29, 1.82) is 0 Å². The fourth-order valence-corrected chi connectivity index (χ4v) is 2.09. The highest BCUT2D eigenvalue weighted by Gasteiger charge is 2.18. The standard InChI is InChI=1S/C17H27NO4/c1-3-4-5-6-7-8-9-12-22-17(20)14(2)18-16(19)15-11-10-13-21-15/h10-11,13-14H,3-9,12H2,1-2H3,(H,18,19). The molecule has 0 aliphatic heterocycles. The van der Waals surface area contributed by atoms with E-state index >= 15 is 0 Å². The maximum atomic E-state index is 11.8. The number of esters is 1. The number of ether oxygens (including phenoxy) is 1. The van der Waals surface area contributed by atoms with Gasteiger partial charge in [-0.25, -0.2) is 4.79 Å². The fraction of sp³-hybridized carbons (Fsp3) is 0.647. The van der Waals surface area contributed by atoms with Gasteiger partial charge in [-0.1, -0.05) is 45.4 Å². The first-order chi connectivity index (χ1) is 10.6. The molecule has 1 N–H and O–H groups in total. The lowest BCUT2D eigenvalue weighted by Crippen LogP contribution is -2.39. The molecule has 0 spiro atoms. The Labute approximate surface area is 132 Å². The van der Waals surface area contributed by atoms with E-state index in [9.17, 15) is 9.59 Å². The predicted octanol–water partition coefficient (Wildman–Crippen LogP) is 3.69. The van der Waals surface area contributed by atoms with Crippen LogP contribution in [0.25, 0.3) is 0 Å². The summed E-state index contributed by atoms with van der Waals surface area (Å²) in [4.78, 5) is 23.5. The molecule has 22 heavy (non-hydrogen) atoms. The van der Waals surface area contributed by atoms with Gasteiger partial charge in [0.2, 0.25) is 0 Å². The molecule has 0 saturated carbocycles. The van der Waals surface area contributed by atoms with Gasteiger partial charge in [0.1, 0.15) is 6.04 Å². The summed E-state index contributed by atoms with van der Waals surface area (Å²) in [6.07, 6.45) is 9.62. The molecule has 0 aliphatic rings. The normalized spacial score (nSPS) is 11.9. The molecule has 1 atom stereocenters. The minimum Gasteiger partial charge on any atom is -0.464 e. The van der Waals surface area contributed by atoms with Gasteiger partial charge < -0.3 is 14.5 Å². The van der Waals surface area contributed by atoms with Gasteiger partial charge in [-0.05, 0) is 25.5 Å². The van der Waals surface area contributed by atoms with Crippen molar-refractivity contribution in [2.75, 3.05) is 6.61 Å². The monoisotopic (exact) mass is 309 g/mol. The molecule has 1 unspecified atom stereocenters. The molecule has 1 aromatic rings. The maximum Gasteiger partial charge on any atom is 0.328 e. The molecular formula is C17H27NO4. The molecule has 5 nitrogen and oxygen atoms in total. The maximum absolute atomic E-state index is 11.8. The van der Waals surface area contributed by atoms with Crippen LogP contribution in [0.15, 0.2) is 22.8 Å². The summed E-state index contributed by atoms with van der Waals surface area (Å²) >= 11 is 0. The van der Waals surface area contributed by atoms with Crippen LogP contribution >= 0.6 is 0 Å². The third-order valence-corrected chi connectivity index (χ3v) is 3.44. The summed E-state index contributed by atoms with van der Waals surface area (Å²) in [6.45, 7) is 4.22. The lowest BCUT2D eigenvalue weighted by molar-refractivity contribution is -0.145. The zero-order valence-corrected chi connectivity index (χ0v) is 13.6. The van der Waals surface area contributed by atoms with Crippen molar-refractivity contribution in [3.05, 3.63) is 24.2 Å². The summed E-state index contributed by atoms with van der Waals surface area (Å²) < 4.78 is 10.1. The van der Waals surface area contributed by atoms with Crippen molar-refractivity contribution in [2.24, 2.45) is 0 Å². The highest BCUT2D eigenvalue weighted by Crippen LogP contribution is 2.07. The van der Waals surface area contributed by atoms with Gasteiger partial charge in [-0.2, -0.15) is 0 Å². The van der Waals surface area contributed by atoms with Crippen LogP contribution in [-0.4, -0.2) is 24.5 Å². The lowest BCUT2D eigenvalue weighted by Gasteiger charge is -2.12. The zero-order chi connectivity index (χ0) is 16.2. The highest BCUT2D eigenvalue weighted by atomic mass is 16.5. The number of amides is 1. The Hall–Kier alpha value is -1.78. The van der Waals surface area contributed by atoms with Crippen molar-refractivity contribution >= 4 is 11.9 Å². The Morgan fingerprint density at radius 1 is 1.18 bits per heavy atom. The van der Waals surface area contributed by atoms with E-state index in [4.69, 9.17) is 9.15 Å². The highest BCUT2D eigenvalue weighted by molar-refractivity contribution is 5.94. The van der Waals surface area contributed by atoms with Gasteiger partial charge >= 0.3 is 5.97 Å². The van der Waals surface area contributed by atoms with Gasteiger partial charge in [0.15, 0.2) is 5.76 Å². The number of rotatable bonds is 11. The first-order valence-corrected chi connectivity index (χ1v) is 8.16. The SMILES string of the molecule is CCCCCCCCCOC(=O)C(C)NC(=O)c1ccco1. The molecule has 0 bridgehead atoms. The predicted molar refractivity (Wildman–Crippen MR) is 84.6 cm³/mol. The second-order valence-electron chi connectivity index (χ2n) is 5.46. The first kappa shape index (κ1) is 18.3. The second-order valence-corrected chi connectivity index (χ2v) is 5.46. The summed E-state index contributed by atoms with van der Waals surface area (Å²) in [7, 11) is 0. The fourth-order valence-electron chi connectivity index (χ4n) is 2.09.